The van der Waals surface area contributed by atoms with Gasteiger partial charge in [-0.15, -0.1) is 0 Å². The summed E-state index contributed by atoms with van der Waals surface area (Å²) in [5.74, 6) is 0. The lowest BCUT2D eigenvalue weighted by molar-refractivity contribution is 0.209. The quantitative estimate of drug-likeness (QED) is 0.905. The van der Waals surface area contributed by atoms with Gasteiger partial charge in [-0.25, -0.2) is 8.42 Å². The van der Waals surface area contributed by atoms with Gasteiger partial charge in [-0.3, -0.25) is 10.00 Å². The summed E-state index contributed by atoms with van der Waals surface area (Å²) in [6.45, 7) is 3.06. The summed E-state index contributed by atoms with van der Waals surface area (Å²) in [5.41, 5.74) is 0. The van der Waals surface area contributed by atoms with Crippen LogP contribution in [0.4, 0.5) is 0 Å². The molecule has 2 aliphatic rings. The summed E-state index contributed by atoms with van der Waals surface area (Å²) in [6, 6.07) is 0.673. The largest absolute Gasteiger partial charge is 0.299 e. The minimum atomic E-state index is -3.38. The molecule has 3 rings (SSSR count). The number of sulfonamides is 1. The van der Waals surface area contributed by atoms with Crippen molar-refractivity contribution in [2.24, 2.45) is 0 Å². The standard InChI is InChI=1S/C13H22N4O2S/c18-20(19,13-10-14-15-11-13)17-7-3-6-16(8-9-17)12-4-1-2-5-12/h10-12H,1-9H2,(H,14,15). The summed E-state index contributed by atoms with van der Waals surface area (Å²) in [5, 5.41) is 6.32. The number of aromatic amines is 1. The van der Waals surface area contributed by atoms with Crippen molar-refractivity contribution in [1.29, 1.82) is 0 Å². The lowest BCUT2D eigenvalue weighted by Gasteiger charge is -2.27. The number of rotatable bonds is 3. The number of H-pyrrole nitrogens is 1. The van der Waals surface area contributed by atoms with Crippen molar-refractivity contribution in [3.63, 3.8) is 0 Å². The summed E-state index contributed by atoms with van der Waals surface area (Å²) < 4.78 is 26.6. The molecular formula is C13H22N4O2S. The molecule has 1 aromatic rings. The Morgan fingerprint density at radius 3 is 2.60 bits per heavy atom. The molecule has 0 bridgehead atoms. The molecule has 6 nitrogen and oxygen atoms in total. The topological polar surface area (TPSA) is 69.3 Å². The van der Waals surface area contributed by atoms with E-state index in [0.717, 1.165) is 19.5 Å². The fourth-order valence-electron chi connectivity index (χ4n) is 3.32. The van der Waals surface area contributed by atoms with E-state index in [0.29, 0.717) is 19.1 Å². The molecule has 0 amide bonds. The van der Waals surface area contributed by atoms with Gasteiger partial charge in [-0.05, 0) is 25.8 Å². The smallest absolute Gasteiger partial charge is 0.246 e. The fraction of sp³-hybridized carbons (Fsp3) is 0.769. The molecule has 1 N–H and O–H groups in total. The number of hydrogen-bond acceptors (Lipinski definition) is 4. The van der Waals surface area contributed by atoms with Gasteiger partial charge in [0.15, 0.2) is 0 Å². The molecule has 1 saturated heterocycles. The van der Waals surface area contributed by atoms with Crippen LogP contribution in [-0.2, 0) is 10.0 Å². The Kier molecular flexibility index (Phi) is 4.09. The molecule has 0 radical (unpaired) electrons. The molecule has 20 heavy (non-hydrogen) atoms. The maximum atomic E-state index is 12.5. The predicted octanol–water partition coefficient (Wildman–Crippen LogP) is 1.05. The van der Waals surface area contributed by atoms with Crippen molar-refractivity contribution in [3.05, 3.63) is 12.4 Å². The Bertz CT molecular complexity index is 523. The van der Waals surface area contributed by atoms with Crippen LogP contribution in [0.2, 0.25) is 0 Å². The molecular weight excluding hydrogens is 276 g/mol. The van der Waals surface area contributed by atoms with E-state index in [4.69, 9.17) is 0 Å². The van der Waals surface area contributed by atoms with Crippen molar-refractivity contribution in [2.75, 3.05) is 26.2 Å². The van der Waals surface area contributed by atoms with E-state index in [1.165, 1.54) is 38.1 Å². The Morgan fingerprint density at radius 1 is 1.10 bits per heavy atom. The third kappa shape index (κ3) is 2.75. The van der Waals surface area contributed by atoms with E-state index < -0.39 is 10.0 Å². The zero-order valence-electron chi connectivity index (χ0n) is 11.7. The molecule has 0 spiro atoms. The van der Waals surface area contributed by atoms with E-state index in [2.05, 4.69) is 15.1 Å². The van der Waals surface area contributed by atoms with Crippen molar-refractivity contribution in [2.45, 2.75) is 43.0 Å². The molecule has 1 aliphatic carbocycles. The molecule has 1 aliphatic heterocycles. The Morgan fingerprint density at radius 2 is 1.90 bits per heavy atom. The Hall–Kier alpha value is -0.920. The van der Waals surface area contributed by atoms with Crippen molar-refractivity contribution < 1.29 is 8.42 Å². The molecule has 0 unspecified atom stereocenters. The van der Waals surface area contributed by atoms with E-state index in [1.807, 2.05) is 0 Å². The Labute approximate surface area is 120 Å². The number of nitrogens with zero attached hydrogens (tertiary/aromatic N) is 3. The van der Waals surface area contributed by atoms with Gasteiger partial charge in [0.1, 0.15) is 4.90 Å². The monoisotopic (exact) mass is 298 g/mol. The zero-order chi connectivity index (χ0) is 14.0. The van der Waals surface area contributed by atoms with Crippen LogP contribution in [0.3, 0.4) is 0 Å². The molecule has 0 atom stereocenters. The van der Waals surface area contributed by atoms with Gasteiger partial charge in [0.05, 0.1) is 6.20 Å². The van der Waals surface area contributed by atoms with Gasteiger partial charge in [-0.1, -0.05) is 12.8 Å². The maximum Gasteiger partial charge on any atom is 0.246 e. The third-order valence-corrected chi connectivity index (χ3v) is 6.31. The molecule has 112 valence electrons. The van der Waals surface area contributed by atoms with E-state index in [-0.39, 0.29) is 4.90 Å². The summed E-state index contributed by atoms with van der Waals surface area (Å²) in [6.07, 6.45) is 8.93. The number of hydrogen-bond donors (Lipinski definition) is 1. The van der Waals surface area contributed by atoms with Crippen LogP contribution in [0.1, 0.15) is 32.1 Å². The molecule has 1 saturated carbocycles. The van der Waals surface area contributed by atoms with Gasteiger partial charge in [0.25, 0.3) is 0 Å². The molecule has 0 aromatic carbocycles. The first-order valence-electron chi connectivity index (χ1n) is 7.41. The van der Waals surface area contributed by atoms with Gasteiger partial charge in [0.2, 0.25) is 10.0 Å². The zero-order valence-corrected chi connectivity index (χ0v) is 12.5. The van der Waals surface area contributed by atoms with E-state index >= 15 is 0 Å². The average molecular weight is 298 g/mol. The van der Waals surface area contributed by atoms with Gasteiger partial charge >= 0.3 is 0 Å². The number of nitrogens with one attached hydrogen (secondary N) is 1. The van der Waals surface area contributed by atoms with Crippen LogP contribution in [0, 0.1) is 0 Å². The van der Waals surface area contributed by atoms with Crippen LogP contribution >= 0.6 is 0 Å². The lowest BCUT2D eigenvalue weighted by atomic mass is 10.2. The van der Waals surface area contributed by atoms with E-state index in [9.17, 15) is 8.42 Å². The van der Waals surface area contributed by atoms with Crippen molar-refractivity contribution >= 4 is 10.0 Å². The maximum absolute atomic E-state index is 12.5. The molecule has 1 aromatic heterocycles. The second kappa shape index (κ2) is 5.83. The highest BCUT2D eigenvalue weighted by atomic mass is 32.2. The molecule has 2 heterocycles. The van der Waals surface area contributed by atoms with Crippen LogP contribution in [0.25, 0.3) is 0 Å². The highest BCUT2D eigenvalue weighted by molar-refractivity contribution is 7.89. The summed E-state index contributed by atoms with van der Waals surface area (Å²) >= 11 is 0. The first-order chi connectivity index (χ1) is 9.68. The SMILES string of the molecule is O=S(=O)(c1cn[nH]c1)N1CCCN(C2CCCC2)CC1. The van der Waals surface area contributed by atoms with Crippen molar-refractivity contribution in [1.82, 2.24) is 19.4 Å². The van der Waals surface area contributed by atoms with Crippen LogP contribution in [-0.4, -0.2) is 60.0 Å². The van der Waals surface area contributed by atoms with Crippen LogP contribution in [0.15, 0.2) is 17.3 Å². The normalized spacial score (nSPS) is 24.0. The molecule has 7 heteroatoms. The minimum absolute atomic E-state index is 0.270. The highest BCUT2D eigenvalue weighted by Gasteiger charge is 2.30. The minimum Gasteiger partial charge on any atom is -0.299 e. The Balaban J connectivity index is 1.68. The fourth-order valence-corrected chi connectivity index (χ4v) is 4.69. The van der Waals surface area contributed by atoms with Gasteiger partial charge < -0.3 is 0 Å². The average Bonchev–Trinajstić information content (AvgIpc) is 3.08. The third-order valence-electron chi connectivity index (χ3n) is 4.44. The summed E-state index contributed by atoms with van der Waals surface area (Å²) in [4.78, 5) is 2.75. The first-order valence-corrected chi connectivity index (χ1v) is 8.85. The second-order valence-electron chi connectivity index (χ2n) is 5.67. The molecule has 2 fully saturated rings. The van der Waals surface area contributed by atoms with E-state index in [1.54, 1.807) is 4.31 Å². The van der Waals surface area contributed by atoms with Gasteiger partial charge in [-0.2, -0.15) is 9.40 Å². The number of aromatic nitrogens is 2. The van der Waals surface area contributed by atoms with Crippen molar-refractivity contribution in [3.8, 4) is 0 Å². The summed E-state index contributed by atoms with van der Waals surface area (Å²) in [7, 11) is -3.38. The van der Waals surface area contributed by atoms with Crippen LogP contribution < -0.4 is 0 Å². The van der Waals surface area contributed by atoms with Crippen LogP contribution in [0.5, 0.6) is 0 Å². The lowest BCUT2D eigenvalue weighted by Crippen LogP contribution is -2.38. The predicted molar refractivity (Wildman–Crippen MR) is 75.8 cm³/mol. The highest BCUT2D eigenvalue weighted by Crippen LogP contribution is 2.25. The van der Waals surface area contributed by atoms with Gasteiger partial charge in [0, 0.05) is 31.9 Å². The first kappa shape index (κ1) is 14.0. The second-order valence-corrected chi connectivity index (χ2v) is 7.60.